The Morgan fingerprint density at radius 3 is 1.48 bits per heavy atom. The number of benzene rings is 2. The highest BCUT2D eigenvalue weighted by Gasteiger charge is 2.58. The number of fused-ring (bicyclic) bond motifs is 1. The monoisotopic (exact) mass is 400 g/mol. The molecule has 6 atom stereocenters. The van der Waals surface area contributed by atoms with Crippen molar-refractivity contribution in [2.75, 3.05) is 0 Å². The molecule has 2 fully saturated rings. The van der Waals surface area contributed by atoms with Gasteiger partial charge in [-0.15, -0.1) is 0 Å². The lowest BCUT2D eigenvalue weighted by Gasteiger charge is -2.43. The third kappa shape index (κ3) is 4.53. The van der Waals surface area contributed by atoms with Crippen LogP contribution in [0.25, 0.3) is 0 Å². The van der Waals surface area contributed by atoms with E-state index < -0.39 is 42.4 Å². The minimum absolute atomic E-state index is 0.303. The second-order valence-corrected chi connectivity index (χ2v) is 8.07. The summed E-state index contributed by atoms with van der Waals surface area (Å²) in [6, 6.07) is 19.4. The van der Waals surface area contributed by atoms with Gasteiger partial charge in [0.05, 0.1) is 13.2 Å². The van der Waals surface area contributed by atoms with Crippen LogP contribution in [-0.2, 0) is 32.2 Å². The highest BCUT2D eigenvalue weighted by atomic mass is 16.8. The number of rotatable bonds is 6. The third-order valence-electron chi connectivity index (χ3n) is 5.40. The summed E-state index contributed by atoms with van der Waals surface area (Å²) in [5, 5.41) is 21.6. The molecule has 0 unspecified atom stereocenters. The van der Waals surface area contributed by atoms with Crippen LogP contribution in [0.1, 0.15) is 25.0 Å². The molecule has 4 rings (SSSR count). The highest BCUT2D eigenvalue weighted by Crippen LogP contribution is 2.40. The highest BCUT2D eigenvalue weighted by molar-refractivity contribution is 5.15. The van der Waals surface area contributed by atoms with Crippen molar-refractivity contribution in [2.45, 2.75) is 69.5 Å². The van der Waals surface area contributed by atoms with E-state index in [-0.39, 0.29) is 0 Å². The second-order valence-electron chi connectivity index (χ2n) is 8.07. The Morgan fingerprint density at radius 2 is 1.10 bits per heavy atom. The Labute approximate surface area is 171 Å². The van der Waals surface area contributed by atoms with Gasteiger partial charge < -0.3 is 29.2 Å². The van der Waals surface area contributed by atoms with Crippen LogP contribution in [0.3, 0.4) is 0 Å². The van der Waals surface area contributed by atoms with Crippen molar-refractivity contribution in [3.05, 3.63) is 71.8 Å². The average Bonchev–Trinajstić information content (AvgIpc) is 3.04. The van der Waals surface area contributed by atoms with Gasteiger partial charge in [-0.1, -0.05) is 60.7 Å². The first kappa shape index (κ1) is 20.5. The van der Waals surface area contributed by atoms with E-state index in [2.05, 4.69) is 0 Å². The summed E-state index contributed by atoms with van der Waals surface area (Å²) in [5.41, 5.74) is 1.96. The third-order valence-corrected chi connectivity index (χ3v) is 5.40. The van der Waals surface area contributed by atoms with E-state index in [1.807, 2.05) is 74.5 Å². The zero-order chi connectivity index (χ0) is 20.4. The fraction of sp³-hybridized carbons (Fsp3) is 0.478. The van der Waals surface area contributed by atoms with Gasteiger partial charge in [0.2, 0.25) is 0 Å². The van der Waals surface area contributed by atoms with E-state index in [1.165, 1.54) is 0 Å². The van der Waals surface area contributed by atoms with Crippen LogP contribution in [0.5, 0.6) is 0 Å². The van der Waals surface area contributed by atoms with Crippen LogP contribution < -0.4 is 0 Å². The normalized spacial score (nSPS) is 33.4. The fourth-order valence-corrected chi connectivity index (χ4v) is 4.02. The van der Waals surface area contributed by atoms with Crippen molar-refractivity contribution < 1.29 is 29.2 Å². The SMILES string of the molecule is CC1(C)O[C@H]2[C@H](O1)[C@@H](OCc1ccccc1)[C@@H](O)[C@@H](O)[C@@H]2OCc1ccccc1. The zero-order valence-corrected chi connectivity index (χ0v) is 16.7. The molecular formula is C23H28O6. The minimum Gasteiger partial charge on any atom is -0.387 e. The summed E-state index contributed by atoms with van der Waals surface area (Å²) >= 11 is 0. The molecule has 1 aliphatic carbocycles. The van der Waals surface area contributed by atoms with E-state index in [0.29, 0.717) is 13.2 Å². The molecule has 156 valence electrons. The van der Waals surface area contributed by atoms with Gasteiger partial charge in [0.25, 0.3) is 0 Å². The number of ether oxygens (including phenoxy) is 4. The van der Waals surface area contributed by atoms with Crippen molar-refractivity contribution in [3.8, 4) is 0 Å². The summed E-state index contributed by atoms with van der Waals surface area (Å²) in [4.78, 5) is 0. The van der Waals surface area contributed by atoms with E-state index >= 15 is 0 Å². The summed E-state index contributed by atoms with van der Waals surface area (Å²) in [6.45, 7) is 4.23. The summed E-state index contributed by atoms with van der Waals surface area (Å²) in [7, 11) is 0. The Hall–Kier alpha value is -1.80. The van der Waals surface area contributed by atoms with Gasteiger partial charge in [-0.25, -0.2) is 0 Å². The number of aliphatic hydroxyl groups excluding tert-OH is 2. The molecule has 29 heavy (non-hydrogen) atoms. The lowest BCUT2D eigenvalue weighted by atomic mass is 9.84. The summed E-state index contributed by atoms with van der Waals surface area (Å²) < 4.78 is 24.1. The van der Waals surface area contributed by atoms with E-state index in [0.717, 1.165) is 11.1 Å². The first-order chi connectivity index (χ1) is 13.9. The molecule has 1 saturated carbocycles. The maximum atomic E-state index is 10.8. The molecular weight excluding hydrogens is 372 g/mol. The van der Waals surface area contributed by atoms with Crippen LogP contribution in [0.2, 0.25) is 0 Å². The van der Waals surface area contributed by atoms with Gasteiger partial charge in [0.15, 0.2) is 5.79 Å². The zero-order valence-electron chi connectivity index (χ0n) is 16.7. The van der Waals surface area contributed by atoms with Crippen LogP contribution in [0, 0.1) is 0 Å². The van der Waals surface area contributed by atoms with E-state index in [1.54, 1.807) is 0 Å². The number of aliphatic hydroxyl groups is 2. The molecule has 6 nitrogen and oxygen atoms in total. The smallest absolute Gasteiger partial charge is 0.164 e. The number of hydrogen-bond acceptors (Lipinski definition) is 6. The molecule has 0 aromatic heterocycles. The van der Waals surface area contributed by atoms with Crippen molar-refractivity contribution in [3.63, 3.8) is 0 Å². The summed E-state index contributed by atoms with van der Waals surface area (Å²) in [5.74, 6) is -0.859. The fourth-order valence-electron chi connectivity index (χ4n) is 4.02. The van der Waals surface area contributed by atoms with Crippen LogP contribution in [-0.4, -0.2) is 52.6 Å². The molecule has 2 N–H and O–H groups in total. The average molecular weight is 400 g/mol. The lowest BCUT2D eigenvalue weighted by molar-refractivity contribution is -0.223. The molecule has 0 bridgehead atoms. The second kappa shape index (κ2) is 8.52. The summed E-state index contributed by atoms with van der Waals surface area (Å²) in [6.07, 6.45) is -4.86. The van der Waals surface area contributed by atoms with Crippen molar-refractivity contribution in [2.24, 2.45) is 0 Å². The molecule has 0 spiro atoms. The number of hydrogen-bond donors (Lipinski definition) is 2. The van der Waals surface area contributed by atoms with Gasteiger partial charge in [-0.2, -0.15) is 0 Å². The Morgan fingerprint density at radius 1 is 0.724 bits per heavy atom. The molecule has 2 aromatic carbocycles. The topological polar surface area (TPSA) is 77.4 Å². The molecule has 2 aromatic rings. The van der Waals surface area contributed by atoms with Gasteiger partial charge >= 0.3 is 0 Å². The van der Waals surface area contributed by atoms with Crippen LogP contribution in [0.15, 0.2) is 60.7 Å². The van der Waals surface area contributed by atoms with E-state index in [9.17, 15) is 10.2 Å². The first-order valence-electron chi connectivity index (χ1n) is 9.97. The Balaban J connectivity index is 1.50. The van der Waals surface area contributed by atoms with Gasteiger partial charge in [-0.3, -0.25) is 0 Å². The quantitative estimate of drug-likeness (QED) is 0.776. The molecule has 0 amide bonds. The minimum atomic E-state index is -1.15. The van der Waals surface area contributed by atoms with Gasteiger partial charge in [0, 0.05) is 0 Å². The molecule has 1 saturated heterocycles. The standard InChI is InChI=1S/C23H28O6/c1-23(2)28-21-19(26-13-15-9-5-3-6-10-15)17(24)18(25)20(22(21)29-23)27-14-16-11-7-4-8-12-16/h3-12,17-22,24-25H,13-14H2,1-2H3/t17-,18+,19-,20-,21+,22+/m0/s1. The molecule has 1 aliphatic heterocycles. The molecule has 1 heterocycles. The van der Waals surface area contributed by atoms with Crippen molar-refractivity contribution in [1.29, 1.82) is 0 Å². The first-order valence-corrected chi connectivity index (χ1v) is 9.97. The largest absolute Gasteiger partial charge is 0.387 e. The Bertz CT molecular complexity index is 715. The van der Waals surface area contributed by atoms with Crippen LogP contribution in [0.4, 0.5) is 0 Å². The molecule has 2 aliphatic rings. The maximum Gasteiger partial charge on any atom is 0.164 e. The van der Waals surface area contributed by atoms with Crippen LogP contribution >= 0.6 is 0 Å². The predicted molar refractivity (Wildman–Crippen MR) is 106 cm³/mol. The van der Waals surface area contributed by atoms with Gasteiger partial charge in [0.1, 0.15) is 36.6 Å². The maximum absolute atomic E-state index is 10.8. The Kier molecular flexibility index (Phi) is 6.01. The molecule has 6 heteroatoms. The molecule has 0 radical (unpaired) electrons. The lowest BCUT2D eigenvalue weighted by Crippen LogP contribution is -2.63. The predicted octanol–water partition coefficient (Wildman–Crippen LogP) is 2.41. The van der Waals surface area contributed by atoms with Gasteiger partial charge in [-0.05, 0) is 25.0 Å². The van der Waals surface area contributed by atoms with Crippen molar-refractivity contribution in [1.82, 2.24) is 0 Å². The van der Waals surface area contributed by atoms with Crippen molar-refractivity contribution >= 4 is 0 Å². The van der Waals surface area contributed by atoms with E-state index in [4.69, 9.17) is 18.9 Å².